The van der Waals surface area contributed by atoms with E-state index < -0.39 is 5.91 Å². The molecule has 114 valence electrons. The Morgan fingerprint density at radius 3 is 2.55 bits per heavy atom. The SMILES string of the molecule is CC.Cc1cc(Nc2ccc(C(N)=O)cc2)nc2ncnn12. The summed E-state index contributed by atoms with van der Waals surface area (Å²) >= 11 is 0. The molecule has 0 atom stereocenters. The Hall–Kier alpha value is -2.96. The topological polar surface area (TPSA) is 98.2 Å². The summed E-state index contributed by atoms with van der Waals surface area (Å²) in [7, 11) is 0. The fourth-order valence-corrected chi connectivity index (χ4v) is 1.89. The second-order valence-electron chi connectivity index (χ2n) is 4.32. The second kappa shape index (κ2) is 6.66. The molecule has 0 aliphatic heterocycles. The van der Waals surface area contributed by atoms with Crippen molar-refractivity contribution >= 4 is 23.2 Å². The van der Waals surface area contributed by atoms with Gasteiger partial charge < -0.3 is 11.1 Å². The molecule has 1 amide bonds. The van der Waals surface area contributed by atoms with E-state index in [1.807, 2.05) is 26.8 Å². The molecule has 3 rings (SSSR count). The van der Waals surface area contributed by atoms with E-state index in [1.165, 1.54) is 6.33 Å². The van der Waals surface area contributed by atoms with Crippen LogP contribution in [0.4, 0.5) is 11.5 Å². The molecule has 7 heteroatoms. The number of carbonyl (C=O) groups excluding carboxylic acids is 1. The number of benzene rings is 1. The van der Waals surface area contributed by atoms with Crippen LogP contribution in [-0.2, 0) is 0 Å². The molecule has 0 spiro atoms. The molecule has 0 aliphatic rings. The number of amides is 1. The zero-order valence-electron chi connectivity index (χ0n) is 12.7. The normalized spacial score (nSPS) is 9.95. The molecule has 1 aromatic carbocycles. The van der Waals surface area contributed by atoms with Gasteiger partial charge in [0.05, 0.1) is 0 Å². The van der Waals surface area contributed by atoms with Crippen LogP contribution in [0.2, 0.25) is 0 Å². The summed E-state index contributed by atoms with van der Waals surface area (Å²) in [5.74, 6) is 0.742. The van der Waals surface area contributed by atoms with Crippen molar-refractivity contribution in [3.63, 3.8) is 0 Å². The number of aromatic nitrogens is 4. The first-order chi connectivity index (χ1) is 10.6. The average molecular weight is 298 g/mol. The number of hydrogen-bond donors (Lipinski definition) is 2. The van der Waals surface area contributed by atoms with Crippen molar-refractivity contribution in [2.45, 2.75) is 20.8 Å². The highest BCUT2D eigenvalue weighted by Crippen LogP contribution is 2.16. The maximum atomic E-state index is 11.0. The highest BCUT2D eigenvalue weighted by atomic mass is 16.1. The van der Waals surface area contributed by atoms with Crippen molar-refractivity contribution in [2.75, 3.05) is 5.32 Å². The fourth-order valence-electron chi connectivity index (χ4n) is 1.89. The first-order valence-electron chi connectivity index (χ1n) is 6.98. The summed E-state index contributed by atoms with van der Waals surface area (Å²) in [6, 6.07) is 8.72. The smallest absolute Gasteiger partial charge is 0.254 e. The second-order valence-corrected chi connectivity index (χ2v) is 4.32. The van der Waals surface area contributed by atoms with E-state index in [4.69, 9.17) is 5.73 Å². The van der Waals surface area contributed by atoms with Gasteiger partial charge in [0, 0.05) is 23.0 Å². The van der Waals surface area contributed by atoms with Gasteiger partial charge in [0.25, 0.3) is 5.78 Å². The third kappa shape index (κ3) is 3.20. The van der Waals surface area contributed by atoms with E-state index in [2.05, 4.69) is 20.4 Å². The van der Waals surface area contributed by atoms with E-state index >= 15 is 0 Å². The largest absolute Gasteiger partial charge is 0.366 e. The standard InChI is InChI=1S/C13H12N6O.C2H6/c1-8-6-11(18-13-15-7-16-19(8)13)17-10-4-2-9(3-5-10)12(14)20;1-2/h2-7H,1H3,(H2,14,20)(H,15,16,17,18);1-2H3. The maximum Gasteiger partial charge on any atom is 0.254 e. The molecule has 3 N–H and O–H groups in total. The van der Waals surface area contributed by atoms with Crippen LogP contribution in [0.25, 0.3) is 5.78 Å². The number of carbonyl (C=O) groups is 1. The number of primary amides is 1. The van der Waals surface area contributed by atoms with E-state index in [1.54, 1.807) is 28.8 Å². The molecule has 0 saturated carbocycles. The van der Waals surface area contributed by atoms with Crippen LogP contribution in [0.1, 0.15) is 29.9 Å². The first-order valence-corrected chi connectivity index (χ1v) is 6.98. The molecule has 7 nitrogen and oxygen atoms in total. The molecule has 0 fully saturated rings. The van der Waals surface area contributed by atoms with Crippen molar-refractivity contribution in [1.29, 1.82) is 0 Å². The van der Waals surface area contributed by atoms with Crippen LogP contribution in [0.3, 0.4) is 0 Å². The number of rotatable bonds is 3. The van der Waals surface area contributed by atoms with Gasteiger partial charge in [-0.05, 0) is 31.2 Å². The van der Waals surface area contributed by atoms with Gasteiger partial charge in [-0.2, -0.15) is 15.1 Å². The summed E-state index contributed by atoms with van der Waals surface area (Å²) in [6.45, 7) is 5.92. The van der Waals surface area contributed by atoms with Crippen molar-refractivity contribution in [3.05, 3.63) is 47.9 Å². The van der Waals surface area contributed by atoms with Crippen LogP contribution in [0, 0.1) is 6.92 Å². The Morgan fingerprint density at radius 1 is 1.23 bits per heavy atom. The summed E-state index contributed by atoms with van der Waals surface area (Å²) in [5.41, 5.74) is 7.39. The lowest BCUT2D eigenvalue weighted by molar-refractivity contribution is 0.100. The van der Waals surface area contributed by atoms with E-state index in [-0.39, 0.29) is 0 Å². The predicted octanol–water partition coefficient (Wildman–Crippen LogP) is 2.30. The zero-order chi connectivity index (χ0) is 16.1. The van der Waals surface area contributed by atoms with Crippen molar-refractivity contribution in [1.82, 2.24) is 19.6 Å². The monoisotopic (exact) mass is 298 g/mol. The molecule has 0 radical (unpaired) electrons. The van der Waals surface area contributed by atoms with Crippen LogP contribution in [-0.4, -0.2) is 25.5 Å². The molecule has 2 aromatic heterocycles. The summed E-state index contributed by atoms with van der Waals surface area (Å²) in [6.07, 6.45) is 1.46. The van der Waals surface area contributed by atoms with E-state index in [9.17, 15) is 4.79 Å². The minimum absolute atomic E-state index is 0.449. The number of fused-ring (bicyclic) bond motifs is 1. The number of aryl methyl sites for hydroxylation is 1. The molecule has 0 saturated heterocycles. The fraction of sp³-hybridized carbons (Fsp3) is 0.200. The minimum Gasteiger partial charge on any atom is -0.366 e. The highest BCUT2D eigenvalue weighted by molar-refractivity contribution is 5.93. The lowest BCUT2D eigenvalue weighted by Crippen LogP contribution is -2.10. The third-order valence-corrected chi connectivity index (χ3v) is 2.87. The lowest BCUT2D eigenvalue weighted by Gasteiger charge is -2.07. The Bertz CT molecular complexity index is 778. The van der Waals surface area contributed by atoms with Gasteiger partial charge >= 0.3 is 0 Å². The lowest BCUT2D eigenvalue weighted by atomic mass is 10.2. The Balaban J connectivity index is 0.000000847. The summed E-state index contributed by atoms with van der Waals surface area (Å²) in [5, 5.41) is 7.21. The van der Waals surface area contributed by atoms with Crippen LogP contribution >= 0.6 is 0 Å². The predicted molar refractivity (Wildman–Crippen MR) is 85.1 cm³/mol. The molecule has 0 bridgehead atoms. The zero-order valence-corrected chi connectivity index (χ0v) is 12.7. The van der Waals surface area contributed by atoms with E-state index in [0.717, 1.165) is 11.4 Å². The van der Waals surface area contributed by atoms with E-state index in [0.29, 0.717) is 17.2 Å². The van der Waals surface area contributed by atoms with Crippen molar-refractivity contribution in [3.8, 4) is 0 Å². The first kappa shape index (κ1) is 15.4. The molecule has 3 aromatic rings. The number of nitrogens with zero attached hydrogens (tertiary/aromatic N) is 4. The summed E-state index contributed by atoms with van der Waals surface area (Å²) in [4.78, 5) is 19.4. The van der Waals surface area contributed by atoms with Gasteiger partial charge in [0.1, 0.15) is 12.1 Å². The molecule has 0 aliphatic carbocycles. The van der Waals surface area contributed by atoms with Gasteiger partial charge in [-0.3, -0.25) is 4.79 Å². The third-order valence-electron chi connectivity index (χ3n) is 2.87. The number of hydrogen-bond acceptors (Lipinski definition) is 5. The molecule has 0 unspecified atom stereocenters. The average Bonchev–Trinajstić information content (AvgIpc) is 2.99. The molecule has 22 heavy (non-hydrogen) atoms. The van der Waals surface area contributed by atoms with Crippen molar-refractivity contribution in [2.24, 2.45) is 5.73 Å². The van der Waals surface area contributed by atoms with Crippen molar-refractivity contribution < 1.29 is 4.79 Å². The Kier molecular flexibility index (Phi) is 4.67. The van der Waals surface area contributed by atoms with Crippen LogP contribution in [0.15, 0.2) is 36.7 Å². The Labute approximate surface area is 128 Å². The summed E-state index contributed by atoms with van der Waals surface area (Å²) < 4.78 is 1.65. The Morgan fingerprint density at radius 2 is 1.91 bits per heavy atom. The number of nitrogens with two attached hydrogens (primary N) is 1. The molecular formula is C15H18N6O. The quantitative estimate of drug-likeness (QED) is 0.773. The van der Waals surface area contributed by atoms with Crippen LogP contribution < -0.4 is 11.1 Å². The van der Waals surface area contributed by atoms with Gasteiger partial charge in [-0.1, -0.05) is 13.8 Å². The minimum atomic E-state index is -0.449. The number of anilines is 2. The maximum absolute atomic E-state index is 11.0. The molecular weight excluding hydrogens is 280 g/mol. The molecule has 2 heterocycles. The number of nitrogens with one attached hydrogen (secondary N) is 1. The highest BCUT2D eigenvalue weighted by Gasteiger charge is 2.05. The van der Waals surface area contributed by atoms with Gasteiger partial charge in [0.15, 0.2) is 0 Å². The van der Waals surface area contributed by atoms with Crippen LogP contribution in [0.5, 0.6) is 0 Å². The van der Waals surface area contributed by atoms with Gasteiger partial charge in [0.2, 0.25) is 5.91 Å². The van der Waals surface area contributed by atoms with Gasteiger partial charge in [-0.15, -0.1) is 0 Å². The van der Waals surface area contributed by atoms with Gasteiger partial charge in [-0.25, -0.2) is 4.52 Å².